The maximum Gasteiger partial charge on any atom is 0.488 e. The maximum absolute atomic E-state index is 13.5. The van der Waals surface area contributed by atoms with Gasteiger partial charge in [-0.2, -0.15) is 0 Å². The first-order valence-corrected chi connectivity index (χ1v) is 6.22. The summed E-state index contributed by atoms with van der Waals surface area (Å²) >= 11 is 0. The van der Waals surface area contributed by atoms with Crippen LogP contribution >= 0.6 is 0 Å². The molecule has 2 N–H and O–H groups in total. The maximum atomic E-state index is 13.5. The summed E-state index contributed by atoms with van der Waals surface area (Å²) in [5.74, 6) is -0.248. The van der Waals surface area contributed by atoms with E-state index in [-0.39, 0.29) is 11.2 Å². The Kier molecular flexibility index (Phi) is 2.56. The largest absolute Gasteiger partial charge is 0.488 e. The van der Waals surface area contributed by atoms with E-state index in [1.807, 2.05) is 19.9 Å². The van der Waals surface area contributed by atoms with Gasteiger partial charge in [-0.05, 0) is 39.8 Å². The van der Waals surface area contributed by atoms with Crippen LogP contribution in [-0.2, 0) is 5.41 Å². The standard InChI is InChI=1S/C15H14BFO2/c1-15(2)13-7-9(16(18)19)3-5-11(13)12-6-4-10(17)8-14(12)15/h3-8,18-19H,1-2H3. The van der Waals surface area contributed by atoms with Gasteiger partial charge in [0, 0.05) is 5.41 Å². The quantitative estimate of drug-likeness (QED) is 0.764. The van der Waals surface area contributed by atoms with Gasteiger partial charge in [0.1, 0.15) is 5.82 Å². The molecule has 0 atom stereocenters. The van der Waals surface area contributed by atoms with Crippen LogP contribution in [0, 0.1) is 5.82 Å². The fourth-order valence-corrected chi connectivity index (χ4v) is 2.89. The van der Waals surface area contributed by atoms with Crippen LogP contribution < -0.4 is 5.46 Å². The van der Waals surface area contributed by atoms with Crippen LogP contribution in [0.15, 0.2) is 36.4 Å². The molecule has 19 heavy (non-hydrogen) atoms. The van der Waals surface area contributed by atoms with Gasteiger partial charge in [0.2, 0.25) is 0 Å². The highest BCUT2D eigenvalue weighted by Gasteiger charge is 2.36. The van der Waals surface area contributed by atoms with Gasteiger partial charge >= 0.3 is 7.12 Å². The molecule has 0 radical (unpaired) electrons. The van der Waals surface area contributed by atoms with Crippen LogP contribution in [0.25, 0.3) is 11.1 Å². The highest BCUT2D eigenvalue weighted by molar-refractivity contribution is 6.58. The minimum absolute atomic E-state index is 0.248. The molecule has 0 aliphatic heterocycles. The number of benzene rings is 2. The molecule has 0 amide bonds. The van der Waals surface area contributed by atoms with Crippen LogP contribution in [-0.4, -0.2) is 17.2 Å². The van der Waals surface area contributed by atoms with Crippen molar-refractivity contribution in [3.63, 3.8) is 0 Å². The van der Waals surface area contributed by atoms with E-state index in [1.165, 1.54) is 6.07 Å². The topological polar surface area (TPSA) is 40.5 Å². The first-order valence-electron chi connectivity index (χ1n) is 6.22. The average molecular weight is 256 g/mol. The summed E-state index contributed by atoms with van der Waals surface area (Å²) in [7, 11) is -1.48. The van der Waals surface area contributed by atoms with E-state index in [1.54, 1.807) is 24.3 Å². The molecule has 0 heterocycles. The van der Waals surface area contributed by atoms with Crippen molar-refractivity contribution in [3.8, 4) is 11.1 Å². The number of fused-ring (bicyclic) bond motifs is 3. The molecule has 4 heteroatoms. The first-order chi connectivity index (χ1) is 8.91. The lowest BCUT2D eigenvalue weighted by atomic mass is 9.75. The Bertz CT molecular complexity index is 665. The van der Waals surface area contributed by atoms with Crippen molar-refractivity contribution in [3.05, 3.63) is 53.3 Å². The van der Waals surface area contributed by atoms with Gasteiger partial charge in [-0.15, -0.1) is 0 Å². The molecule has 0 spiro atoms. The SMILES string of the molecule is CC1(C)c2cc(F)ccc2-c2ccc(B(O)O)cc21. The predicted molar refractivity (Wildman–Crippen MR) is 73.8 cm³/mol. The molecule has 2 aromatic rings. The molecular weight excluding hydrogens is 242 g/mol. The van der Waals surface area contributed by atoms with Crippen molar-refractivity contribution < 1.29 is 14.4 Å². The summed E-state index contributed by atoms with van der Waals surface area (Å²) in [6.07, 6.45) is 0. The second-order valence-corrected chi connectivity index (χ2v) is 5.49. The number of hydrogen-bond donors (Lipinski definition) is 2. The Balaban J connectivity index is 2.28. The summed E-state index contributed by atoms with van der Waals surface area (Å²) < 4.78 is 13.5. The predicted octanol–water partition coefficient (Wildman–Crippen LogP) is 1.81. The van der Waals surface area contributed by atoms with Crippen molar-refractivity contribution >= 4 is 12.6 Å². The molecule has 0 saturated carbocycles. The lowest BCUT2D eigenvalue weighted by molar-refractivity contribution is 0.425. The Labute approximate surface area is 111 Å². The lowest BCUT2D eigenvalue weighted by Crippen LogP contribution is -2.31. The zero-order chi connectivity index (χ0) is 13.8. The third-order valence-corrected chi connectivity index (χ3v) is 3.96. The van der Waals surface area contributed by atoms with Crippen LogP contribution in [0.4, 0.5) is 4.39 Å². The highest BCUT2D eigenvalue weighted by Crippen LogP contribution is 2.48. The summed E-state index contributed by atoms with van der Waals surface area (Å²) in [5, 5.41) is 18.6. The smallest absolute Gasteiger partial charge is 0.423 e. The zero-order valence-corrected chi connectivity index (χ0v) is 10.8. The van der Waals surface area contributed by atoms with E-state index < -0.39 is 7.12 Å². The van der Waals surface area contributed by atoms with Crippen LogP contribution in [0.1, 0.15) is 25.0 Å². The minimum Gasteiger partial charge on any atom is -0.423 e. The summed E-state index contributed by atoms with van der Waals surface area (Å²) in [6, 6.07) is 10.2. The number of rotatable bonds is 1. The van der Waals surface area contributed by atoms with E-state index in [4.69, 9.17) is 0 Å². The lowest BCUT2D eigenvalue weighted by Gasteiger charge is -2.21. The van der Waals surface area contributed by atoms with Gasteiger partial charge in [-0.25, -0.2) is 4.39 Å². The van der Waals surface area contributed by atoms with Crippen LogP contribution in [0.2, 0.25) is 0 Å². The van der Waals surface area contributed by atoms with Gasteiger partial charge in [0.15, 0.2) is 0 Å². The molecule has 0 fully saturated rings. The third-order valence-electron chi connectivity index (χ3n) is 3.96. The molecule has 0 aromatic heterocycles. The normalized spacial score (nSPS) is 15.0. The minimum atomic E-state index is -1.48. The zero-order valence-electron chi connectivity index (χ0n) is 10.8. The van der Waals surface area contributed by atoms with Crippen molar-refractivity contribution in [1.29, 1.82) is 0 Å². The highest BCUT2D eigenvalue weighted by atomic mass is 19.1. The Morgan fingerprint density at radius 3 is 2.16 bits per heavy atom. The van der Waals surface area contributed by atoms with E-state index >= 15 is 0 Å². The van der Waals surface area contributed by atoms with Crippen molar-refractivity contribution in [2.75, 3.05) is 0 Å². The van der Waals surface area contributed by atoms with E-state index in [2.05, 4.69) is 0 Å². The van der Waals surface area contributed by atoms with Gasteiger partial charge in [-0.1, -0.05) is 38.1 Å². The number of halogens is 1. The fraction of sp³-hybridized carbons (Fsp3) is 0.200. The molecular formula is C15H14BFO2. The van der Waals surface area contributed by atoms with E-state index in [9.17, 15) is 14.4 Å². The fourth-order valence-electron chi connectivity index (χ4n) is 2.89. The summed E-state index contributed by atoms with van der Waals surface area (Å²) in [5.41, 5.74) is 4.10. The molecule has 0 bridgehead atoms. The molecule has 0 saturated heterocycles. The van der Waals surface area contributed by atoms with Gasteiger partial charge < -0.3 is 10.0 Å². The van der Waals surface area contributed by atoms with Crippen molar-refractivity contribution in [1.82, 2.24) is 0 Å². The molecule has 3 rings (SSSR count). The summed E-state index contributed by atoms with van der Waals surface area (Å²) in [6.45, 7) is 4.04. The monoisotopic (exact) mass is 256 g/mol. The molecule has 1 aliphatic carbocycles. The van der Waals surface area contributed by atoms with Crippen molar-refractivity contribution in [2.45, 2.75) is 19.3 Å². The van der Waals surface area contributed by atoms with Gasteiger partial charge in [-0.3, -0.25) is 0 Å². The van der Waals surface area contributed by atoms with E-state index in [0.29, 0.717) is 5.46 Å². The molecule has 96 valence electrons. The van der Waals surface area contributed by atoms with Gasteiger partial charge in [0.05, 0.1) is 0 Å². The first kappa shape index (κ1) is 12.4. The van der Waals surface area contributed by atoms with Gasteiger partial charge in [0.25, 0.3) is 0 Å². The Morgan fingerprint density at radius 2 is 1.53 bits per heavy atom. The molecule has 0 unspecified atom stereocenters. The van der Waals surface area contributed by atoms with Crippen LogP contribution in [0.5, 0.6) is 0 Å². The third kappa shape index (κ3) is 1.71. The molecule has 2 nitrogen and oxygen atoms in total. The summed E-state index contributed by atoms with van der Waals surface area (Å²) in [4.78, 5) is 0. The molecule has 2 aromatic carbocycles. The van der Waals surface area contributed by atoms with Crippen LogP contribution in [0.3, 0.4) is 0 Å². The Hall–Kier alpha value is -1.65. The molecule has 1 aliphatic rings. The Morgan fingerprint density at radius 1 is 0.947 bits per heavy atom. The second-order valence-electron chi connectivity index (χ2n) is 5.49. The second kappa shape index (κ2) is 3.92. The number of hydrogen-bond acceptors (Lipinski definition) is 2. The van der Waals surface area contributed by atoms with Crippen molar-refractivity contribution in [2.24, 2.45) is 0 Å². The van der Waals surface area contributed by atoms with E-state index in [0.717, 1.165) is 22.3 Å². The average Bonchev–Trinajstić information content (AvgIpc) is 2.58.